The summed E-state index contributed by atoms with van der Waals surface area (Å²) in [6, 6.07) is 3.26. The van der Waals surface area contributed by atoms with E-state index in [9.17, 15) is 18.3 Å². The Kier molecular flexibility index (Phi) is 9.08. The Balaban J connectivity index is 1.18. The zero-order valence-electron chi connectivity index (χ0n) is 24.0. The van der Waals surface area contributed by atoms with Crippen LogP contribution in [0.15, 0.2) is 12.1 Å². The molecule has 0 amide bonds. The van der Waals surface area contributed by atoms with Gasteiger partial charge in [-0.3, -0.25) is 0 Å². The number of piperidine rings is 1. The summed E-state index contributed by atoms with van der Waals surface area (Å²) in [5.74, 6) is 2.60. The number of hydrogen-bond acceptors (Lipinski definition) is 12. The SMILES string of the molecule is COc1nc(N(C)[C@H]2C[C@@H](NCC3CCN(c4cc(OC)c(OC)nn4)CC3)C[C@H]2O)c2cc(CC(F)(F)F)sc2n1. The van der Waals surface area contributed by atoms with Crippen molar-refractivity contribution in [3.05, 3.63) is 17.0 Å². The van der Waals surface area contributed by atoms with Crippen LogP contribution in [0, 0.1) is 5.92 Å². The van der Waals surface area contributed by atoms with Crippen molar-refractivity contribution in [1.29, 1.82) is 0 Å². The maximum atomic E-state index is 13.1. The molecule has 0 radical (unpaired) electrons. The molecule has 3 aromatic rings. The quantitative estimate of drug-likeness (QED) is 0.351. The Morgan fingerprint density at radius 1 is 1.07 bits per heavy atom. The molecule has 0 spiro atoms. The Morgan fingerprint density at radius 2 is 1.83 bits per heavy atom. The van der Waals surface area contributed by atoms with E-state index in [1.165, 1.54) is 20.3 Å². The van der Waals surface area contributed by atoms with Gasteiger partial charge in [-0.05, 0) is 44.2 Å². The van der Waals surface area contributed by atoms with Gasteiger partial charge in [0.05, 0.1) is 45.3 Å². The summed E-state index contributed by atoms with van der Waals surface area (Å²) in [7, 11) is 6.34. The minimum absolute atomic E-state index is 0.0809. The number of methoxy groups -OCH3 is 3. The molecule has 230 valence electrons. The number of alkyl halides is 3. The molecule has 3 atom stereocenters. The molecule has 1 aliphatic heterocycles. The Labute approximate surface area is 246 Å². The maximum absolute atomic E-state index is 13.1. The molecule has 5 rings (SSSR count). The Bertz CT molecular complexity index is 1370. The molecule has 2 fully saturated rings. The lowest BCUT2D eigenvalue weighted by Gasteiger charge is -2.33. The minimum atomic E-state index is -4.32. The summed E-state index contributed by atoms with van der Waals surface area (Å²) in [6.07, 6.45) is -2.76. The number of rotatable bonds is 10. The summed E-state index contributed by atoms with van der Waals surface area (Å²) in [4.78, 5) is 13.4. The fraction of sp³-hybridized carbons (Fsp3) is 0.630. The molecular formula is C27H36F3N7O4S. The third-order valence-electron chi connectivity index (χ3n) is 8.05. The smallest absolute Gasteiger partial charge is 0.393 e. The van der Waals surface area contributed by atoms with E-state index in [0.717, 1.165) is 49.6 Å². The Morgan fingerprint density at radius 3 is 2.50 bits per heavy atom. The standard InChI is InChI=1S/C27H36F3N7O4S/c1-36(23-18-11-17(13-27(28,29)30)42-25(18)33-26(32-23)41-4)19-9-16(10-20(19)38)31-14-15-5-7-37(8-6-15)22-12-21(39-2)24(40-3)35-34-22/h11-12,15-16,19-20,31,38H,5-10,13-14H2,1-4H3/t16-,19+,20-/m1/s1. The van der Waals surface area contributed by atoms with Gasteiger partial charge in [0.15, 0.2) is 11.6 Å². The molecular weight excluding hydrogens is 575 g/mol. The van der Waals surface area contributed by atoms with Crippen LogP contribution in [0.5, 0.6) is 17.6 Å². The van der Waals surface area contributed by atoms with Gasteiger partial charge in [0.1, 0.15) is 10.6 Å². The van der Waals surface area contributed by atoms with Crippen molar-refractivity contribution in [2.75, 3.05) is 57.8 Å². The molecule has 1 aliphatic carbocycles. The molecule has 2 N–H and O–H groups in total. The molecule has 15 heteroatoms. The number of nitrogens with one attached hydrogen (secondary N) is 1. The van der Waals surface area contributed by atoms with Crippen molar-refractivity contribution in [2.45, 2.75) is 56.5 Å². The summed E-state index contributed by atoms with van der Waals surface area (Å²) in [5, 5.41) is 23.5. The molecule has 42 heavy (non-hydrogen) atoms. The van der Waals surface area contributed by atoms with Gasteiger partial charge in [-0.15, -0.1) is 21.5 Å². The number of likely N-dealkylation sites (N-methyl/N-ethyl adjacent to an activating group) is 1. The largest absolute Gasteiger partial charge is 0.491 e. The summed E-state index contributed by atoms with van der Waals surface area (Å²) in [5.41, 5.74) is 0. The predicted octanol–water partition coefficient (Wildman–Crippen LogP) is 3.45. The second-order valence-electron chi connectivity index (χ2n) is 10.8. The van der Waals surface area contributed by atoms with E-state index in [1.54, 1.807) is 7.11 Å². The third-order valence-corrected chi connectivity index (χ3v) is 9.08. The van der Waals surface area contributed by atoms with Crippen LogP contribution in [-0.4, -0.2) is 97.6 Å². The van der Waals surface area contributed by atoms with E-state index in [4.69, 9.17) is 14.2 Å². The predicted molar refractivity (Wildman–Crippen MR) is 153 cm³/mol. The highest BCUT2D eigenvalue weighted by Crippen LogP contribution is 2.38. The molecule has 11 nitrogen and oxygen atoms in total. The lowest BCUT2D eigenvalue weighted by atomic mass is 9.96. The summed E-state index contributed by atoms with van der Waals surface area (Å²) in [6.45, 7) is 2.52. The van der Waals surface area contributed by atoms with Gasteiger partial charge in [-0.2, -0.15) is 23.1 Å². The number of fused-ring (bicyclic) bond motifs is 1. The monoisotopic (exact) mass is 611 g/mol. The van der Waals surface area contributed by atoms with Crippen molar-refractivity contribution < 1.29 is 32.5 Å². The number of aliphatic hydroxyl groups excluding tert-OH is 1. The van der Waals surface area contributed by atoms with E-state index in [-0.39, 0.29) is 23.0 Å². The van der Waals surface area contributed by atoms with Crippen LogP contribution < -0.4 is 29.3 Å². The maximum Gasteiger partial charge on any atom is 0.393 e. The van der Waals surface area contributed by atoms with Crippen molar-refractivity contribution in [3.8, 4) is 17.6 Å². The van der Waals surface area contributed by atoms with Gasteiger partial charge in [0, 0.05) is 37.1 Å². The first-order valence-electron chi connectivity index (χ1n) is 13.8. The van der Waals surface area contributed by atoms with Crippen LogP contribution in [0.2, 0.25) is 0 Å². The first-order valence-corrected chi connectivity index (χ1v) is 14.7. The van der Waals surface area contributed by atoms with Crippen LogP contribution >= 0.6 is 11.3 Å². The zero-order valence-corrected chi connectivity index (χ0v) is 24.8. The molecule has 1 saturated heterocycles. The first-order chi connectivity index (χ1) is 20.1. The summed E-state index contributed by atoms with van der Waals surface area (Å²) >= 11 is 0.980. The van der Waals surface area contributed by atoms with Crippen molar-refractivity contribution in [1.82, 2.24) is 25.5 Å². The fourth-order valence-electron chi connectivity index (χ4n) is 5.81. The van der Waals surface area contributed by atoms with E-state index in [1.807, 2.05) is 18.0 Å². The van der Waals surface area contributed by atoms with E-state index < -0.39 is 18.7 Å². The fourth-order valence-corrected chi connectivity index (χ4v) is 6.86. The van der Waals surface area contributed by atoms with Crippen molar-refractivity contribution in [3.63, 3.8) is 0 Å². The van der Waals surface area contributed by atoms with Gasteiger partial charge in [0.2, 0.25) is 0 Å². The zero-order chi connectivity index (χ0) is 30.0. The van der Waals surface area contributed by atoms with Gasteiger partial charge < -0.3 is 34.4 Å². The molecule has 1 saturated carbocycles. The van der Waals surface area contributed by atoms with E-state index in [0.29, 0.717) is 46.4 Å². The molecule has 3 aromatic heterocycles. The number of nitrogens with zero attached hydrogens (tertiary/aromatic N) is 6. The number of ether oxygens (including phenoxy) is 3. The van der Waals surface area contributed by atoms with Crippen LogP contribution in [0.25, 0.3) is 10.2 Å². The number of aromatic nitrogens is 4. The number of halogens is 3. The lowest BCUT2D eigenvalue weighted by Crippen LogP contribution is -2.40. The summed E-state index contributed by atoms with van der Waals surface area (Å²) < 4.78 is 54.9. The molecule has 4 heterocycles. The average Bonchev–Trinajstić information content (AvgIpc) is 3.55. The second kappa shape index (κ2) is 12.6. The normalized spacial score (nSPS) is 21.6. The molecule has 0 aromatic carbocycles. The van der Waals surface area contributed by atoms with Crippen molar-refractivity contribution >= 4 is 33.2 Å². The second-order valence-corrected chi connectivity index (χ2v) is 11.9. The van der Waals surface area contributed by atoms with Crippen LogP contribution in [0.4, 0.5) is 24.8 Å². The highest BCUT2D eigenvalue weighted by Gasteiger charge is 2.37. The van der Waals surface area contributed by atoms with E-state index in [2.05, 4.69) is 30.4 Å². The number of anilines is 2. The number of thiophene rings is 1. The van der Waals surface area contributed by atoms with Gasteiger partial charge >= 0.3 is 12.2 Å². The van der Waals surface area contributed by atoms with Gasteiger partial charge in [-0.1, -0.05) is 0 Å². The molecule has 0 unspecified atom stereocenters. The first kappa shape index (κ1) is 30.3. The Hall–Kier alpha value is -3.17. The minimum Gasteiger partial charge on any atom is -0.491 e. The average molecular weight is 612 g/mol. The van der Waals surface area contributed by atoms with E-state index >= 15 is 0 Å². The number of hydrogen-bond donors (Lipinski definition) is 2. The van der Waals surface area contributed by atoms with Crippen molar-refractivity contribution in [2.24, 2.45) is 5.92 Å². The van der Waals surface area contributed by atoms with Gasteiger partial charge in [-0.25, -0.2) is 0 Å². The topological polar surface area (TPSA) is 118 Å². The third kappa shape index (κ3) is 6.73. The highest BCUT2D eigenvalue weighted by molar-refractivity contribution is 7.18. The van der Waals surface area contributed by atoms with Gasteiger partial charge in [0.25, 0.3) is 5.88 Å². The number of aliphatic hydroxyl groups is 1. The molecule has 2 aliphatic rings. The molecule has 0 bridgehead atoms. The highest BCUT2D eigenvalue weighted by atomic mass is 32.1. The van der Waals surface area contributed by atoms with Crippen LogP contribution in [-0.2, 0) is 6.42 Å². The van der Waals surface area contributed by atoms with Crippen LogP contribution in [0.3, 0.4) is 0 Å². The van der Waals surface area contributed by atoms with Crippen LogP contribution in [0.1, 0.15) is 30.6 Å². The lowest BCUT2D eigenvalue weighted by molar-refractivity contribution is -0.126.